The molecule has 3 rings (SSSR count). The lowest BCUT2D eigenvalue weighted by atomic mass is 10.1. The van der Waals surface area contributed by atoms with Crippen molar-refractivity contribution in [2.24, 2.45) is 17.2 Å². The molecule has 0 atom stereocenters. The monoisotopic (exact) mass is 810 g/mol. The number of anilines is 1. The van der Waals surface area contributed by atoms with Gasteiger partial charge >= 0.3 is 11.9 Å². The molecule has 0 amide bonds. The van der Waals surface area contributed by atoms with Crippen LogP contribution in [-0.4, -0.2) is 59.6 Å². The number of benzene rings is 3. The normalized spacial score (nSPS) is 9.34. The lowest BCUT2D eigenvalue weighted by Crippen LogP contribution is -2.21. The van der Waals surface area contributed by atoms with Crippen LogP contribution in [0, 0.1) is 20.8 Å². The van der Waals surface area contributed by atoms with Crippen molar-refractivity contribution in [3.63, 3.8) is 0 Å². The first kappa shape index (κ1) is 63.4. The zero-order chi connectivity index (χ0) is 41.8. The molecule has 17 N–H and O–H groups in total. The van der Waals surface area contributed by atoms with Crippen molar-refractivity contribution in [2.45, 2.75) is 100 Å². The third-order valence-electron chi connectivity index (χ3n) is 5.64. The largest absolute Gasteiger partial charge is 0.460 e. The van der Waals surface area contributed by atoms with Crippen molar-refractivity contribution in [3.05, 3.63) is 101 Å². The van der Waals surface area contributed by atoms with Gasteiger partial charge in [-0.05, 0) is 97.2 Å². The minimum Gasteiger partial charge on any atom is -0.460 e. The summed E-state index contributed by atoms with van der Waals surface area (Å²) < 4.78 is 9.60. The fourth-order valence-corrected chi connectivity index (χ4v) is 3.44. The molecule has 0 aliphatic heterocycles. The third kappa shape index (κ3) is 47.5. The van der Waals surface area contributed by atoms with E-state index < -0.39 is 5.24 Å². The van der Waals surface area contributed by atoms with Gasteiger partial charge in [0.2, 0.25) is 5.24 Å². The second kappa shape index (κ2) is 34.9. The van der Waals surface area contributed by atoms with Gasteiger partial charge in [-0.3, -0.25) is 24.0 Å². The summed E-state index contributed by atoms with van der Waals surface area (Å²) in [7, 11) is 0. The molecule has 0 saturated heterocycles. The zero-order valence-electron chi connectivity index (χ0n) is 35.6. The fraction of sp³-hybridized carbons (Fsp3) is 0.439. The van der Waals surface area contributed by atoms with Crippen LogP contribution in [0.25, 0.3) is 0 Å². The van der Waals surface area contributed by atoms with Gasteiger partial charge in [-0.1, -0.05) is 77.4 Å². The van der Waals surface area contributed by atoms with Crippen molar-refractivity contribution < 1.29 is 33.4 Å². The van der Waals surface area contributed by atoms with Crippen LogP contribution in [0.3, 0.4) is 0 Å². The van der Waals surface area contributed by atoms with Crippen LogP contribution in [0.15, 0.2) is 72.8 Å². The maximum absolute atomic E-state index is 10.9. The predicted octanol–water partition coefficient (Wildman–Crippen LogP) is 6.60. The minimum atomic E-state index is -0.495. The fourth-order valence-electron chi connectivity index (χ4n) is 3.44. The van der Waals surface area contributed by atoms with Crippen LogP contribution < -0.4 is 41.4 Å². The molecular weight excluding hydrogens is 738 g/mol. The van der Waals surface area contributed by atoms with Crippen LogP contribution in [0.4, 0.5) is 5.69 Å². The molecule has 0 aliphatic rings. The van der Waals surface area contributed by atoms with Gasteiger partial charge in [-0.2, -0.15) is 0 Å². The molecule has 320 valence electrons. The van der Waals surface area contributed by atoms with E-state index in [-0.39, 0.29) is 72.8 Å². The molecule has 56 heavy (non-hydrogen) atoms. The van der Waals surface area contributed by atoms with Crippen LogP contribution in [0.5, 0.6) is 0 Å². The number of nitrogen functional groups attached to an aromatic ring is 1. The molecule has 0 aromatic heterocycles. The quantitative estimate of drug-likeness (QED) is 0.0751. The molecule has 3 aromatic carbocycles. The van der Waals surface area contributed by atoms with Gasteiger partial charge in [-0.15, -0.1) is 0 Å². The van der Waals surface area contributed by atoms with Crippen molar-refractivity contribution in [1.29, 1.82) is 0 Å². The zero-order valence-corrected chi connectivity index (χ0v) is 36.4. The Balaban J connectivity index is -0.000000135. The number of carbonyl (C=O) groups excluding carboxylic acids is 5. The number of carbonyl (C=O) groups is 5. The molecule has 15 heteroatoms. The van der Waals surface area contributed by atoms with E-state index >= 15 is 0 Å². The van der Waals surface area contributed by atoms with Crippen LogP contribution in [0.1, 0.15) is 83.2 Å². The average molecular weight is 811 g/mol. The first-order valence-corrected chi connectivity index (χ1v) is 17.4. The summed E-state index contributed by atoms with van der Waals surface area (Å²) in [6.07, 6.45) is 0.910. The number of ether oxygens (including phenoxy) is 2. The van der Waals surface area contributed by atoms with E-state index in [1.54, 1.807) is 0 Å². The van der Waals surface area contributed by atoms with Gasteiger partial charge in [0, 0.05) is 32.4 Å². The second-order valence-electron chi connectivity index (χ2n) is 13.7. The number of ketones is 2. The average Bonchev–Trinajstić information content (AvgIpc) is 3.03. The Kier molecular flexibility index (Phi) is 39.5. The summed E-state index contributed by atoms with van der Waals surface area (Å²) in [5.41, 5.74) is 26.4. The number of hydrogen-bond acceptors (Lipinski definition) is 14. The molecule has 0 aliphatic carbocycles. The van der Waals surface area contributed by atoms with E-state index in [9.17, 15) is 24.0 Å². The van der Waals surface area contributed by atoms with Gasteiger partial charge < -0.3 is 50.9 Å². The first-order valence-electron chi connectivity index (χ1n) is 17.0. The number of halogens is 1. The van der Waals surface area contributed by atoms with Gasteiger partial charge in [0.05, 0.1) is 19.6 Å². The molecule has 0 unspecified atom stereocenters. The van der Waals surface area contributed by atoms with E-state index in [1.165, 1.54) is 30.5 Å². The molecule has 0 bridgehead atoms. The Hall–Kier alpha value is -4.54. The van der Waals surface area contributed by atoms with Gasteiger partial charge in [0.25, 0.3) is 0 Å². The van der Waals surface area contributed by atoms with E-state index in [0.29, 0.717) is 12.8 Å². The highest BCUT2D eigenvalue weighted by Gasteiger charge is 2.12. The summed E-state index contributed by atoms with van der Waals surface area (Å²) in [5.74, 6) is -0.285. The Morgan fingerprint density at radius 3 is 0.893 bits per heavy atom. The highest BCUT2D eigenvalue weighted by atomic mass is 35.5. The summed E-state index contributed by atoms with van der Waals surface area (Å²) in [5, 5.41) is -0.495. The molecule has 0 spiro atoms. The van der Waals surface area contributed by atoms with Crippen LogP contribution >= 0.6 is 11.6 Å². The van der Waals surface area contributed by atoms with Crippen molar-refractivity contribution in [1.82, 2.24) is 18.5 Å². The molecule has 0 heterocycles. The number of hydrogen-bond donors (Lipinski definition) is 7. The summed E-state index contributed by atoms with van der Waals surface area (Å²) >= 11 is 4.70. The number of aryl methyl sites for hydroxylation is 3. The summed E-state index contributed by atoms with van der Waals surface area (Å²) in [6, 6.07) is 23.6. The lowest BCUT2D eigenvalue weighted by molar-refractivity contribution is -0.153. The Morgan fingerprint density at radius 2 is 0.750 bits per heavy atom. The minimum absolute atomic E-state index is 0. The molecule has 0 fully saturated rings. The van der Waals surface area contributed by atoms with Crippen LogP contribution in [0.2, 0.25) is 0 Å². The van der Waals surface area contributed by atoms with E-state index in [0.717, 1.165) is 16.8 Å². The predicted molar refractivity (Wildman–Crippen MR) is 231 cm³/mol. The smallest absolute Gasteiger partial charge is 0.303 e. The third-order valence-corrected chi connectivity index (χ3v) is 5.79. The topological polar surface area (TPSA) is 313 Å². The van der Waals surface area contributed by atoms with Crippen molar-refractivity contribution in [2.75, 3.05) is 25.4 Å². The maximum Gasteiger partial charge on any atom is 0.303 e. The SMILES string of the molecule is CC(=O)OC(C)(C)C.CC(=O)OC(C)(C)C.Cc1ccc(CC(=O)CN)cc1.Cc1ccc(CC(=O)CN)cc1.Cc1ccc(N)cc1.N.N.N.NCC(=O)Cl. The van der Waals surface area contributed by atoms with Gasteiger partial charge in [0.1, 0.15) is 11.2 Å². The summed E-state index contributed by atoms with van der Waals surface area (Å²) in [6.45, 7) is 20.1. The van der Waals surface area contributed by atoms with Crippen molar-refractivity contribution >= 4 is 46.0 Å². The Morgan fingerprint density at radius 1 is 0.518 bits per heavy atom. The molecule has 0 saturated carbocycles. The van der Waals surface area contributed by atoms with E-state index in [1.807, 2.05) is 135 Å². The highest BCUT2D eigenvalue weighted by Crippen LogP contribution is 2.07. The molecule has 3 aromatic rings. The first-order chi connectivity index (χ1) is 24.3. The number of Topliss-reactive ketones (excluding diaryl/α,β-unsaturated/α-hetero) is 2. The standard InChI is InChI=1S/2C10H13NO.C7H9N.2C6H12O2.C2H4ClNO.3H3N/c2*1-8-2-4-9(5-3-8)6-10(12)7-11;1-6-2-4-7(8)5-3-6;2*1-5(7)8-6(2,3)4;3-2(5)1-4;;;/h2*2-5H,6-7,11H2,1H3;2-5H,8H2,1H3;2*1-4H3;1,4H2;3*1H3. The summed E-state index contributed by atoms with van der Waals surface area (Å²) in [4.78, 5) is 51.8. The number of rotatable bonds is 7. The van der Waals surface area contributed by atoms with E-state index in [4.69, 9.17) is 38.3 Å². The molecular formula is C41H72ClN7O7. The van der Waals surface area contributed by atoms with Crippen LogP contribution in [-0.2, 0) is 46.3 Å². The molecule has 0 radical (unpaired) electrons. The lowest BCUT2D eigenvalue weighted by Gasteiger charge is -2.17. The Bertz CT molecular complexity index is 1380. The maximum atomic E-state index is 10.9. The number of nitrogens with two attached hydrogens (primary N) is 4. The Labute approximate surface area is 340 Å². The van der Waals surface area contributed by atoms with Gasteiger partial charge in [0.15, 0.2) is 11.6 Å². The van der Waals surface area contributed by atoms with Crippen molar-refractivity contribution in [3.8, 4) is 0 Å². The highest BCUT2D eigenvalue weighted by molar-refractivity contribution is 6.64. The van der Waals surface area contributed by atoms with E-state index in [2.05, 4.69) is 5.73 Å². The number of esters is 2. The second-order valence-corrected chi connectivity index (χ2v) is 14.1. The van der Waals surface area contributed by atoms with Gasteiger partial charge in [-0.25, -0.2) is 0 Å². The molecule has 14 nitrogen and oxygen atoms in total.